The zero-order valence-corrected chi connectivity index (χ0v) is 12.7. The van der Waals surface area contributed by atoms with Crippen molar-refractivity contribution in [1.82, 2.24) is 14.9 Å². The summed E-state index contributed by atoms with van der Waals surface area (Å²) in [5.74, 6) is 2.10. The molecule has 1 aliphatic carbocycles. The monoisotopic (exact) mass is 263 g/mol. The highest BCUT2D eigenvalue weighted by Gasteiger charge is 2.30. The van der Waals surface area contributed by atoms with Crippen molar-refractivity contribution in [3.05, 3.63) is 18.2 Å². The molecule has 1 aromatic heterocycles. The van der Waals surface area contributed by atoms with E-state index in [0.29, 0.717) is 12.1 Å². The van der Waals surface area contributed by atoms with E-state index in [2.05, 4.69) is 41.8 Å². The number of nitrogens with zero attached hydrogens (tertiary/aromatic N) is 2. The molecule has 0 saturated heterocycles. The lowest BCUT2D eigenvalue weighted by Crippen LogP contribution is -2.42. The molecule has 19 heavy (non-hydrogen) atoms. The Kier molecular flexibility index (Phi) is 5.44. The molecule has 1 fully saturated rings. The topological polar surface area (TPSA) is 29.9 Å². The summed E-state index contributed by atoms with van der Waals surface area (Å²) in [5, 5.41) is 3.75. The number of hydrogen-bond acceptors (Lipinski definition) is 2. The molecule has 3 heteroatoms. The number of aryl methyl sites for hydroxylation is 1. The number of hydrogen-bond donors (Lipinski definition) is 1. The van der Waals surface area contributed by atoms with Crippen LogP contribution in [-0.4, -0.2) is 22.1 Å². The highest BCUT2D eigenvalue weighted by Crippen LogP contribution is 2.33. The molecule has 1 aliphatic rings. The van der Waals surface area contributed by atoms with Crippen molar-refractivity contribution >= 4 is 0 Å². The van der Waals surface area contributed by atoms with Gasteiger partial charge < -0.3 is 9.88 Å². The van der Waals surface area contributed by atoms with Gasteiger partial charge in [0, 0.05) is 24.9 Å². The second kappa shape index (κ2) is 7.09. The standard InChI is InChI=1S/C16H29N3/c1-4-6-16-18-10-11-19(16)15-12-13(3)7-8-14(15)17-9-5-2/h10-11,13-15,17H,4-9,12H2,1-3H3. The first kappa shape index (κ1) is 14.6. The fourth-order valence-electron chi connectivity index (χ4n) is 3.29. The van der Waals surface area contributed by atoms with E-state index in [4.69, 9.17) is 0 Å². The summed E-state index contributed by atoms with van der Waals surface area (Å²) in [4.78, 5) is 4.56. The number of imidazole rings is 1. The van der Waals surface area contributed by atoms with Gasteiger partial charge in [0.05, 0.1) is 6.04 Å². The summed E-state index contributed by atoms with van der Waals surface area (Å²) >= 11 is 0. The Hall–Kier alpha value is -0.830. The van der Waals surface area contributed by atoms with Gasteiger partial charge in [-0.2, -0.15) is 0 Å². The molecule has 2 rings (SSSR count). The van der Waals surface area contributed by atoms with Crippen molar-refractivity contribution in [3.63, 3.8) is 0 Å². The maximum absolute atomic E-state index is 4.56. The van der Waals surface area contributed by atoms with Crippen LogP contribution in [0.15, 0.2) is 12.4 Å². The average Bonchev–Trinajstić information content (AvgIpc) is 2.86. The van der Waals surface area contributed by atoms with Gasteiger partial charge in [-0.1, -0.05) is 20.8 Å². The van der Waals surface area contributed by atoms with Gasteiger partial charge in [0.2, 0.25) is 0 Å². The zero-order chi connectivity index (χ0) is 13.7. The summed E-state index contributed by atoms with van der Waals surface area (Å²) in [5.41, 5.74) is 0. The quantitative estimate of drug-likeness (QED) is 0.850. The Morgan fingerprint density at radius 3 is 2.89 bits per heavy atom. The van der Waals surface area contributed by atoms with Crippen molar-refractivity contribution in [3.8, 4) is 0 Å². The molecule has 0 bridgehead atoms. The van der Waals surface area contributed by atoms with Crippen LogP contribution in [0.2, 0.25) is 0 Å². The summed E-state index contributed by atoms with van der Waals surface area (Å²) in [6.45, 7) is 8.00. The molecule has 0 amide bonds. The lowest BCUT2D eigenvalue weighted by Gasteiger charge is -2.37. The van der Waals surface area contributed by atoms with E-state index in [1.54, 1.807) is 0 Å². The molecular formula is C16H29N3. The van der Waals surface area contributed by atoms with Crippen LogP contribution in [0.1, 0.15) is 64.7 Å². The maximum Gasteiger partial charge on any atom is 0.108 e. The largest absolute Gasteiger partial charge is 0.330 e. The van der Waals surface area contributed by atoms with Gasteiger partial charge in [-0.3, -0.25) is 0 Å². The van der Waals surface area contributed by atoms with Gasteiger partial charge in [0.1, 0.15) is 5.82 Å². The number of nitrogens with one attached hydrogen (secondary N) is 1. The molecule has 0 radical (unpaired) electrons. The van der Waals surface area contributed by atoms with Gasteiger partial charge in [-0.15, -0.1) is 0 Å². The summed E-state index contributed by atoms with van der Waals surface area (Å²) < 4.78 is 2.45. The average molecular weight is 263 g/mol. The highest BCUT2D eigenvalue weighted by atomic mass is 15.1. The minimum Gasteiger partial charge on any atom is -0.330 e. The fraction of sp³-hybridized carbons (Fsp3) is 0.812. The van der Waals surface area contributed by atoms with Crippen molar-refractivity contribution in [2.24, 2.45) is 5.92 Å². The minimum atomic E-state index is 0.597. The molecule has 1 N–H and O–H groups in total. The molecule has 0 spiro atoms. The molecule has 3 atom stereocenters. The Balaban J connectivity index is 2.13. The van der Waals surface area contributed by atoms with Crippen LogP contribution in [0.25, 0.3) is 0 Å². The third kappa shape index (κ3) is 3.59. The Morgan fingerprint density at radius 1 is 1.32 bits per heavy atom. The first-order chi connectivity index (χ1) is 9.26. The van der Waals surface area contributed by atoms with Gasteiger partial charge in [0.15, 0.2) is 0 Å². The second-order valence-corrected chi connectivity index (χ2v) is 6.05. The lowest BCUT2D eigenvalue weighted by atomic mass is 9.83. The van der Waals surface area contributed by atoms with Crippen LogP contribution >= 0.6 is 0 Å². The van der Waals surface area contributed by atoms with Crippen LogP contribution in [0.3, 0.4) is 0 Å². The van der Waals surface area contributed by atoms with Gasteiger partial charge in [0.25, 0.3) is 0 Å². The molecule has 108 valence electrons. The van der Waals surface area contributed by atoms with E-state index >= 15 is 0 Å². The molecule has 3 unspecified atom stereocenters. The molecule has 1 heterocycles. The van der Waals surface area contributed by atoms with E-state index in [1.807, 2.05) is 6.20 Å². The zero-order valence-electron chi connectivity index (χ0n) is 12.7. The van der Waals surface area contributed by atoms with Crippen LogP contribution in [0.4, 0.5) is 0 Å². The summed E-state index contributed by atoms with van der Waals surface area (Å²) in [6.07, 6.45) is 11.6. The van der Waals surface area contributed by atoms with Gasteiger partial charge in [-0.25, -0.2) is 4.98 Å². The van der Waals surface area contributed by atoms with E-state index in [1.165, 1.54) is 37.9 Å². The highest BCUT2D eigenvalue weighted by molar-refractivity contribution is 5.00. The Labute approximate surface area is 117 Å². The number of rotatable bonds is 6. The third-order valence-corrected chi connectivity index (χ3v) is 4.32. The molecule has 1 aromatic rings. The smallest absolute Gasteiger partial charge is 0.108 e. The molecule has 0 aliphatic heterocycles. The van der Waals surface area contributed by atoms with Gasteiger partial charge in [-0.05, 0) is 44.6 Å². The molecule has 0 aromatic carbocycles. The van der Waals surface area contributed by atoms with Crippen LogP contribution < -0.4 is 5.32 Å². The van der Waals surface area contributed by atoms with Crippen molar-refractivity contribution in [2.75, 3.05) is 6.54 Å². The normalized spacial score (nSPS) is 27.6. The van der Waals surface area contributed by atoms with E-state index in [-0.39, 0.29) is 0 Å². The van der Waals surface area contributed by atoms with Crippen molar-refractivity contribution < 1.29 is 0 Å². The first-order valence-corrected chi connectivity index (χ1v) is 8.01. The van der Waals surface area contributed by atoms with Crippen LogP contribution in [0.5, 0.6) is 0 Å². The van der Waals surface area contributed by atoms with E-state index in [0.717, 1.165) is 18.9 Å². The maximum atomic E-state index is 4.56. The molecular weight excluding hydrogens is 234 g/mol. The fourth-order valence-corrected chi connectivity index (χ4v) is 3.29. The van der Waals surface area contributed by atoms with Crippen molar-refractivity contribution in [2.45, 2.75) is 71.4 Å². The Bertz CT molecular complexity index is 370. The third-order valence-electron chi connectivity index (χ3n) is 4.32. The van der Waals surface area contributed by atoms with Gasteiger partial charge >= 0.3 is 0 Å². The van der Waals surface area contributed by atoms with E-state index in [9.17, 15) is 0 Å². The summed E-state index contributed by atoms with van der Waals surface area (Å²) in [7, 11) is 0. The Morgan fingerprint density at radius 2 is 2.16 bits per heavy atom. The lowest BCUT2D eigenvalue weighted by molar-refractivity contribution is 0.212. The number of aromatic nitrogens is 2. The first-order valence-electron chi connectivity index (χ1n) is 8.01. The second-order valence-electron chi connectivity index (χ2n) is 6.05. The summed E-state index contributed by atoms with van der Waals surface area (Å²) in [6, 6.07) is 1.22. The van der Waals surface area contributed by atoms with Crippen molar-refractivity contribution in [1.29, 1.82) is 0 Å². The predicted molar refractivity (Wildman–Crippen MR) is 80.4 cm³/mol. The molecule has 1 saturated carbocycles. The predicted octanol–water partition coefficient (Wildman–Crippen LogP) is 3.56. The SMILES string of the molecule is CCCNC1CCC(C)CC1n1ccnc1CCC. The molecule has 3 nitrogen and oxygen atoms in total. The minimum absolute atomic E-state index is 0.597. The van der Waals surface area contributed by atoms with Crippen LogP contribution in [0, 0.1) is 5.92 Å². The van der Waals surface area contributed by atoms with E-state index < -0.39 is 0 Å². The van der Waals surface area contributed by atoms with Crippen LogP contribution in [-0.2, 0) is 6.42 Å².